The summed E-state index contributed by atoms with van der Waals surface area (Å²) in [7, 11) is -0.329. The van der Waals surface area contributed by atoms with E-state index in [1.54, 1.807) is 11.3 Å². The molecule has 2 nitrogen and oxygen atoms in total. The van der Waals surface area contributed by atoms with E-state index in [9.17, 15) is 4.79 Å². The first-order valence-corrected chi connectivity index (χ1v) is 18.2. The van der Waals surface area contributed by atoms with E-state index in [-0.39, 0.29) is 16.3 Å². The van der Waals surface area contributed by atoms with Crippen molar-refractivity contribution in [2.24, 2.45) is 0 Å². The molecule has 224 valence electrons. The molecule has 0 fully saturated rings. The summed E-state index contributed by atoms with van der Waals surface area (Å²) in [6.45, 7) is 4.95. The zero-order valence-electron chi connectivity index (χ0n) is 25.4. The number of unbranched alkanes of at least 4 members (excludes halogenated alkanes) is 9. The van der Waals surface area contributed by atoms with Crippen LogP contribution in [0.15, 0.2) is 104 Å². The zero-order valence-corrected chi connectivity index (χ0v) is 27.8. The average Bonchev–Trinajstić information content (AvgIpc) is 3.02. The Balaban J connectivity index is 1.37. The second-order valence-corrected chi connectivity index (χ2v) is 14.7. The highest BCUT2D eigenvalue weighted by atomic mass is 35.5. The molecule has 0 aliphatic rings. The molecule has 5 heteroatoms. The molecule has 0 saturated carbocycles. The molecule has 1 heterocycles. The van der Waals surface area contributed by atoms with E-state index in [4.69, 9.17) is 16.3 Å². The normalized spacial score (nSPS) is 11.5. The number of fused-ring (bicyclic) bond motifs is 2. The summed E-state index contributed by atoms with van der Waals surface area (Å²) >= 11 is 8.37. The molecule has 0 unspecified atom stereocenters. The van der Waals surface area contributed by atoms with Crippen LogP contribution in [0.25, 0.3) is 20.2 Å². The Bertz CT molecular complexity index is 1640. The minimum atomic E-state index is -0.329. The van der Waals surface area contributed by atoms with Gasteiger partial charge in [0.1, 0.15) is 5.75 Å². The van der Waals surface area contributed by atoms with E-state index >= 15 is 0 Å². The van der Waals surface area contributed by atoms with Gasteiger partial charge in [0.05, 0.1) is 32.6 Å². The zero-order chi connectivity index (χ0) is 30.0. The third-order valence-electron chi connectivity index (χ3n) is 7.95. The Hall–Kier alpha value is -2.79. The van der Waals surface area contributed by atoms with Crippen LogP contribution in [0, 0.1) is 6.92 Å². The van der Waals surface area contributed by atoms with E-state index in [0.29, 0.717) is 22.4 Å². The summed E-state index contributed by atoms with van der Waals surface area (Å²) in [4.78, 5) is 17.6. The van der Waals surface area contributed by atoms with Gasteiger partial charge in [-0.25, -0.2) is 0 Å². The van der Waals surface area contributed by atoms with Crippen LogP contribution in [-0.2, 0) is 10.9 Å². The van der Waals surface area contributed by atoms with Crippen LogP contribution in [0.3, 0.4) is 0 Å². The van der Waals surface area contributed by atoms with Gasteiger partial charge in [0.15, 0.2) is 20.1 Å². The molecule has 0 aliphatic heterocycles. The van der Waals surface area contributed by atoms with Gasteiger partial charge in [0.2, 0.25) is 0 Å². The lowest BCUT2D eigenvalue weighted by Crippen LogP contribution is -2.08. The fourth-order valence-electron chi connectivity index (χ4n) is 5.65. The van der Waals surface area contributed by atoms with Crippen LogP contribution in [0.1, 0.15) is 76.7 Å². The topological polar surface area (TPSA) is 26.3 Å². The van der Waals surface area contributed by atoms with Gasteiger partial charge in [-0.05, 0) is 61.4 Å². The first kappa shape index (κ1) is 31.6. The van der Waals surface area contributed by atoms with Crippen LogP contribution in [0.4, 0.5) is 0 Å². The highest BCUT2D eigenvalue weighted by molar-refractivity contribution is 7.97. The average molecular weight is 630 g/mol. The number of aryl methyl sites for hydroxylation is 1. The van der Waals surface area contributed by atoms with Crippen LogP contribution in [0.5, 0.6) is 5.75 Å². The van der Waals surface area contributed by atoms with Crippen molar-refractivity contribution in [3.8, 4) is 5.75 Å². The van der Waals surface area contributed by atoms with Crippen molar-refractivity contribution in [2.75, 3.05) is 6.61 Å². The third kappa shape index (κ3) is 7.84. The molecular weight excluding hydrogens is 588 g/mol. The van der Waals surface area contributed by atoms with Crippen molar-refractivity contribution in [3.63, 3.8) is 0 Å². The predicted octanol–water partition coefficient (Wildman–Crippen LogP) is 11.8. The highest BCUT2D eigenvalue weighted by Gasteiger charge is 2.29. The predicted molar refractivity (Wildman–Crippen MR) is 188 cm³/mol. The summed E-state index contributed by atoms with van der Waals surface area (Å²) in [6, 6.07) is 29.3. The molecule has 4 aromatic carbocycles. The molecule has 0 amide bonds. The molecule has 5 rings (SSSR count). The molecule has 0 saturated heterocycles. The molecule has 1 aromatic heterocycles. The van der Waals surface area contributed by atoms with Crippen LogP contribution >= 0.6 is 22.9 Å². The van der Waals surface area contributed by atoms with Crippen molar-refractivity contribution >= 4 is 54.0 Å². The number of rotatable bonds is 15. The Morgan fingerprint density at radius 2 is 1.30 bits per heavy atom. The monoisotopic (exact) mass is 629 g/mol. The molecule has 0 radical (unpaired) electrons. The third-order valence-corrected chi connectivity index (χ3v) is 11.6. The Labute approximate surface area is 268 Å². The van der Waals surface area contributed by atoms with Gasteiger partial charge < -0.3 is 4.74 Å². The summed E-state index contributed by atoms with van der Waals surface area (Å²) in [6.07, 6.45) is 12.9. The molecular formula is C38H42ClO2S2+. The lowest BCUT2D eigenvalue weighted by Gasteiger charge is -2.14. The molecule has 0 aliphatic carbocycles. The molecule has 43 heavy (non-hydrogen) atoms. The number of benzene rings is 4. The van der Waals surface area contributed by atoms with Gasteiger partial charge in [0, 0.05) is 16.2 Å². The maximum absolute atomic E-state index is 14.0. The minimum absolute atomic E-state index is 0.0240. The second kappa shape index (κ2) is 15.8. The van der Waals surface area contributed by atoms with E-state index in [0.717, 1.165) is 32.0 Å². The van der Waals surface area contributed by atoms with Gasteiger partial charge in [-0.1, -0.05) is 113 Å². The summed E-state index contributed by atoms with van der Waals surface area (Å²) in [5, 5.41) is 1.78. The van der Waals surface area contributed by atoms with Crippen molar-refractivity contribution in [3.05, 3.63) is 106 Å². The summed E-state index contributed by atoms with van der Waals surface area (Å²) < 4.78 is 8.18. The molecule has 0 atom stereocenters. The standard InChI is InChI=1S/C38H42ClO2S2/c1-3-4-5-6-7-8-9-10-11-18-25-41-37-28(2)26-33(39)35-36(40)32-27-31(23-24-34(32)42-38(35)37)43(29-19-14-12-15-20-29)30-21-16-13-17-22-30/h12-17,19-24,26-27H,3-11,18,25H2,1-2H3/q+1. The van der Waals surface area contributed by atoms with Crippen molar-refractivity contribution < 1.29 is 4.74 Å². The van der Waals surface area contributed by atoms with Crippen LogP contribution in [-0.4, -0.2) is 6.61 Å². The van der Waals surface area contributed by atoms with Gasteiger partial charge in [0.25, 0.3) is 0 Å². The number of halogens is 1. The van der Waals surface area contributed by atoms with Crippen molar-refractivity contribution in [1.29, 1.82) is 0 Å². The Kier molecular flexibility index (Phi) is 11.6. The number of ether oxygens (including phenoxy) is 1. The van der Waals surface area contributed by atoms with Crippen molar-refractivity contribution in [2.45, 2.75) is 92.7 Å². The Morgan fingerprint density at radius 1 is 0.721 bits per heavy atom. The quantitative estimate of drug-likeness (QED) is 0.0654. The van der Waals surface area contributed by atoms with E-state index in [1.807, 2.05) is 25.1 Å². The lowest BCUT2D eigenvalue weighted by molar-refractivity contribution is 0.306. The maximum Gasteiger partial charge on any atom is 0.197 e. The lowest BCUT2D eigenvalue weighted by atomic mass is 10.1. The van der Waals surface area contributed by atoms with Crippen molar-refractivity contribution in [1.82, 2.24) is 0 Å². The van der Waals surface area contributed by atoms with E-state index in [2.05, 4.69) is 73.7 Å². The fraction of sp³-hybridized carbons (Fsp3) is 0.342. The Morgan fingerprint density at radius 3 is 1.91 bits per heavy atom. The first-order chi connectivity index (χ1) is 21.1. The maximum atomic E-state index is 14.0. The minimum Gasteiger partial charge on any atom is -0.492 e. The smallest absolute Gasteiger partial charge is 0.197 e. The molecule has 0 spiro atoms. The van der Waals surface area contributed by atoms with Gasteiger partial charge in [-0.2, -0.15) is 0 Å². The van der Waals surface area contributed by atoms with E-state index in [1.165, 1.54) is 67.6 Å². The number of hydrogen-bond donors (Lipinski definition) is 0. The van der Waals surface area contributed by atoms with Gasteiger partial charge in [-0.15, -0.1) is 11.3 Å². The fourth-order valence-corrected chi connectivity index (χ4v) is 9.40. The van der Waals surface area contributed by atoms with E-state index < -0.39 is 0 Å². The first-order valence-electron chi connectivity index (χ1n) is 15.8. The van der Waals surface area contributed by atoms with Gasteiger partial charge >= 0.3 is 0 Å². The van der Waals surface area contributed by atoms with Crippen LogP contribution < -0.4 is 10.2 Å². The van der Waals surface area contributed by atoms with Gasteiger partial charge in [-0.3, -0.25) is 4.79 Å². The van der Waals surface area contributed by atoms with Crippen LogP contribution in [0.2, 0.25) is 5.02 Å². The summed E-state index contributed by atoms with van der Waals surface area (Å²) in [5.74, 6) is 0.803. The second-order valence-electron chi connectivity index (χ2n) is 11.3. The molecule has 0 bridgehead atoms. The highest BCUT2D eigenvalue weighted by Crippen LogP contribution is 2.40. The summed E-state index contributed by atoms with van der Waals surface area (Å²) in [5.41, 5.74) is 0.954. The SMILES string of the molecule is CCCCCCCCCCCCOc1c(C)cc(Cl)c2c(=O)c3cc([S+](c4ccccc4)c4ccccc4)ccc3sc12. The molecule has 5 aromatic rings. The molecule has 0 N–H and O–H groups in total. The number of hydrogen-bond acceptors (Lipinski definition) is 3. The largest absolute Gasteiger partial charge is 0.492 e.